The number of hydrogen-bond donors (Lipinski definition) is 0. The minimum absolute atomic E-state index is 0.111. The molecule has 0 radical (unpaired) electrons. The van der Waals surface area contributed by atoms with E-state index < -0.39 is 9.84 Å². The van der Waals surface area contributed by atoms with Crippen LogP contribution in [0.5, 0.6) is 0 Å². The summed E-state index contributed by atoms with van der Waals surface area (Å²) in [6.07, 6.45) is 3.98. The SMILES string of the molecule is Cc1ccc2c(-c3nc(-c4ccncc4)nn3C3CCS(=O)(=O)C3)csc2c1. The van der Waals surface area contributed by atoms with Crippen molar-refractivity contribution in [2.24, 2.45) is 0 Å². The van der Waals surface area contributed by atoms with Gasteiger partial charge in [0.15, 0.2) is 21.5 Å². The molecule has 5 rings (SSSR count). The highest BCUT2D eigenvalue weighted by Gasteiger charge is 2.32. The Morgan fingerprint density at radius 2 is 2.00 bits per heavy atom. The molecule has 4 aromatic rings. The molecule has 1 unspecified atom stereocenters. The van der Waals surface area contributed by atoms with E-state index in [1.165, 1.54) is 10.3 Å². The van der Waals surface area contributed by atoms with Crippen LogP contribution in [0, 0.1) is 6.92 Å². The van der Waals surface area contributed by atoms with Gasteiger partial charge in [-0.2, -0.15) is 5.10 Å². The molecular formula is C20H18N4O2S2. The van der Waals surface area contributed by atoms with Gasteiger partial charge in [0.05, 0.1) is 17.5 Å². The number of hydrogen-bond acceptors (Lipinski definition) is 6. The van der Waals surface area contributed by atoms with Gasteiger partial charge >= 0.3 is 0 Å². The highest BCUT2D eigenvalue weighted by Crippen LogP contribution is 2.37. The first-order valence-electron chi connectivity index (χ1n) is 9.06. The zero-order chi connectivity index (χ0) is 19.3. The number of rotatable bonds is 3. The Hall–Kier alpha value is -2.58. The fourth-order valence-electron chi connectivity index (χ4n) is 3.66. The lowest BCUT2D eigenvalue weighted by atomic mass is 10.1. The largest absolute Gasteiger partial charge is 0.265 e. The number of benzene rings is 1. The first-order chi connectivity index (χ1) is 13.5. The van der Waals surface area contributed by atoms with Gasteiger partial charge in [0.25, 0.3) is 0 Å². The predicted molar refractivity (Wildman–Crippen MR) is 111 cm³/mol. The van der Waals surface area contributed by atoms with Crippen LogP contribution >= 0.6 is 11.3 Å². The van der Waals surface area contributed by atoms with Crippen LogP contribution in [-0.2, 0) is 9.84 Å². The van der Waals surface area contributed by atoms with Crippen molar-refractivity contribution in [3.8, 4) is 22.8 Å². The average Bonchev–Trinajstić information content (AvgIpc) is 3.38. The van der Waals surface area contributed by atoms with E-state index in [-0.39, 0.29) is 17.5 Å². The molecule has 1 fully saturated rings. The van der Waals surface area contributed by atoms with E-state index in [9.17, 15) is 8.42 Å². The highest BCUT2D eigenvalue weighted by molar-refractivity contribution is 7.91. The van der Waals surface area contributed by atoms with Crippen LogP contribution in [0.1, 0.15) is 18.0 Å². The van der Waals surface area contributed by atoms with Crippen LogP contribution in [0.4, 0.5) is 0 Å². The number of nitrogens with zero attached hydrogens (tertiary/aromatic N) is 4. The first-order valence-corrected chi connectivity index (χ1v) is 11.8. The molecule has 4 heterocycles. The van der Waals surface area contributed by atoms with Crippen molar-refractivity contribution < 1.29 is 8.42 Å². The summed E-state index contributed by atoms with van der Waals surface area (Å²) in [6.45, 7) is 2.08. The number of thiophene rings is 1. The summed E-state index contributed by atoms with van der Waals surface area (Å²) in [5, 5.41) is 7.93. The van der Waals surface area contributed by atoms with Crippen molar-refractivity contribution in [3.63, 3.8) is 0 Å². The minimum Gasteiger partial charge on any atom is -0.265 e. The van der Waals surface area contributed by atoms with Crippen molar-refractivity contribution in [3.05, 3.63) is 53.7 Å². The maximum absolute atomic E-state index is 12.1. The minimum atomic E-state index is -3.03. The summed E-state index contributed by atoms with van der Waals surface area (Å²) in [5.74, 6) is 1.63. The third-order valence-corrected chi connectivity index (χ3v) is 7.79. The molecule has 0 aliphatic carbocycles. The molecule has 1 atom stereocenters. The topological polar surface area (TPSA) is 77.7 Å². The van der Waals surface area contributed by atoms with Crippen LogP contribution in [0.15, 0.2) is 48.1 Å². The molecule has 1 aliphatic rings. The molecule has 8 heteroatoms. The molecule has 6 nitrogen and oxygen atoms in total. The van der Waals surface area contributed by atoms with E-state index in [1.807, 2.05) is 16.8 Å². The van der Waals surface area contributed by atoms with E-state index in [1.54, 1.807) is 23.7 Å². The Morgan fingerprint density at radius 1 is 1.18 bits per heavy atom. The van der Waals surface area contributed by atoms with E-state index >= 15 is 0 Å². The van der Waals surface area contributed by atoms with Gasteiger partial charge in [-0.3, -0.25) is 4.98 Å². The molecule has 1 aromatic carbocycles. The van der Waals surface area contributed by atoms with E-state index in [4.69, 9.17) is 10.1 Å². The molecule has 0 bridgehead atoms. The summed E-state index contributed by atoms with van der Waals surface area (Å²) in [7, 11) is -3.03. The van der Waals surface area contributed by atoms with E-state index in [0.29, 0.717) is 12.2 Å². The standard InChI is InChI=1S/C20H18N4O2S2/c1-13-2-3-16-17(11-27-18(16)10-13)20-22-19(14-4-7-21-8-5-14)23-24(20)15-6-9-28(25,26)12-15/h2-5,7-8,10-11,15H,6,9,12H2,1H3. The number of pyridine rings is 1. The molecule has 3 aromatic heterocycles. The van der Waals surface area contributed by atoms with Crippen molar-refractivity contribution in [1.82, 2.24) is 19.7 Å². The Bertz CT molecular complexity index is 1280. The van der Waals surface area contributed by atoms with Gasteiger partial charge in [-0.05, 0) is 37.1 Å². The van der Waals surface area contributed by atoms with E-state index in [0.717, 1.165) is 22.3 Å². The number of fused-ring (bicyclic) bond motifs is 1. The summed E-state index contributed by atoms with van der Waals surface area (Å²) in [5.41, 5.74) is 3.07. The van der Waals surface area contributed by atoms with Crippen molar-refractivity contribution in [1.29, 1.82) is 0 Å². The van der Waals surface area contributed by atoms with Gasteiger partial charge in [-0.25, -0.2) is 18.1 Å². The van der Waals surface area contributed by atoms with Gasteiger partial charge < -0.3 is 0 Å². The second-order valence-electron chi connectivity index (χ2n) is 7.15. The molecule has 0 N–H and O–H groups in total. The number of sulfone groups is 1. The normalized spacial score (nSPS) is 18.7. The second-order valence-corrected chi connectivity index (χ2v) is 10.3. The molecule has 0 spiro atoms. The molecule has 142 valence electrons. The fraction of sp³-hybridized carbons (Fsp3) is 0.250. The van der Waals surface area contributed by atoms with Gasteiger partial charge in [-0.1, -0.05) is 12.1 Å². The molecule has 1 aliphatic heterocycles. The van der Waals surface area contributed by atoms with Crippen LogP contribution in [0.3, 0.4) is 0 Å². The lowest BCUT2D eigenvalue weighted by Crippen LogP contribution is -2.13. The summed E-state index contributed by atoms with van der Waals surface area (Å²) >= 11 is 1.67. The molecular weight excluding hydrogens is 392 g/mol. The molecule has 1 saturated heterocycles. The van der Waals surface area contributed by atoms with Crippen LogP contribution in [0.2, 0.25) is 0 Å². The quantitative estimate of drug-likeness (QED) is 0.512. The Labute approximate surface area is 166 Å². The zero-order valence-electron chi connectivity index (χ0n) is 15.2. The number of aryl methyl sites for hydroxylation is 1. The fourth-order valence-corrected chi connectivity index (χ4v) is 6.39. The Morgan fingerprint density at radius 3 is 2.75 bits per heavy atom. The summed E-state index contributed by atoms with van der Waals surface area (Å²) in [6, 6.07) is 9.89. The van der Waals surface area contributed by atoms with Gasteiger partial charge in [0, 0.05) is 39.0 Å². The summed E-state index contributed by atoms with van der Waals surface area (Å²) < 4.78 is 27.2. The Kier molecular flexibility index (Phi) is 4.06. The predicted octanol–water partition coefficient (Wildman–Crippen LogP) is 3.89. The van der Waals surface area contributed by atoms with Crippen molar-refractivity contribution in [2.45, 2.75) is 19.4 Å². The van der Waals surface area contributed by atoms with Crippen molar-refractivity contribution >= 4 is 31.3 Å². The summed E-state index contributed by atoms with van der Waals surface area (Å²) in [4.78, 5) is 8.88. The lowest BCUT2D eigenvalue weighted by molar-refractivity contribution is 0.505. The van der Waals surface area contributed by atoms with Gasteiger partial charge in [-0.15, -0.1) is 11.3 Å². The third kappa shape index (κ3) is 3.02. The van der Waals surface area contributed by atoms with Gasteiger partial charge in [0.2, 0.25) is 0 Å². The average molecular weight is 411 g/mol. The van der Waals surface area contributed by atoms with Crippen molar-refractivity contribution in [2.75, 3.05) is 11.5 Å². The molecule has 0 saturated carbocycles. The third-order valence-electron chi connectivity index (χ3n) is 5.10. The molecule has 28 heavy (non-hydrogen) atoms. The number of aromatic nitrogens is 4. The van der Waals surface area contributed by atoms with Crippen LogP contribution < -0.4 is 0 Å². The second kappa shape index (κ2) is 6.49. The van der Waals surface area contributed by atoms with Crippen LogP contribution in [-0.4, -0.2) is 39.7 Å². The first kappa shape index (κ1) is 17.5. The zero-order valence-corrected chi connectivity index (χ0v) is 16.9. The monoisotopic (exact) mass is 410 g/mol. The smallest absolute Gasteiger partial charge is 0.181 e. The highest BCUT2D eigenvalue weighted by atomic mass is 32.2. The van der Waals surface area contributed by atoms with Gasteiger partial charge in [0.1, 0.15) is 0 Å². The van der Waals surface area contributed by atoms with E-state index in [2.05, 4.69) is 35.5 Å². The lowest BCUT2D eigenvalue weighted by Gasteiger charge is -2.11. The molecule has 0 amide bonds. The maximum atomic E-state index is 12.1. The van der Waals surface area contributed by atoms with Crippen LogP contribution in [0.25, 0.3) is 32.9 Å². The Balaban J connectivity index is 1.70. The maximum Gasteiger partial charge on any atom is 0.181 e.